The van der Waals surface area contributed by atoms with E-state index in [1.54, 1.807) is 0 Å². The molecule has 0 spiro atoms. The second-order valence-corrected chi connectivity index (χ2v) is 3.95. The number of aliphatic hydroxyl groups is 1. The number of rotatable bonds is 2. The maximum Gasteiger partial charge on any atom is 0.354 e. The molecule has 1 fully saturated rings. The second-order valence-electron chi connectivity index (χ2n) is 3.95. The fraction of sp³-hybridized carbons (Fsp3) is 0.500. The van der Waals surface area contributed by atoms with Gasteiger partial charge in [-0.3, -0.25) is 4.79 Å². The number of aliphatic hydroxyl groups excluding tert-OH is 1. The highest BCUT2D eigenvalue weighted by Gasteiger charge is 2.27. The predicted molar refractivity (Wildman–Crippen MR) is 56.7 cm³/mol. The summed E-state index contributed by atoms with van der Waals surface area (Å²) in [6, 6.07) is 0. The number of H-pyrrole nitrogens is 1. The lowest BCUT2D eigenvalue weighted by atomic mass is 10.1. The topological polar surface area (TPSA) is 107 Å². The summed E-state index contributed by atoms with van der Waals surface area (Å²) in [5.41, 5.74) is -0.269. The van der Waals surface area contributed by atoms with Crippen LogP contribution < -0.4 is 0 Å². The summed E-state index contributed by atoms with van der Waals surface area (Å²) >= 11 is 0. The van der Waals surface area contributed by atoms with Crippen molar-refractivity contribution < 1.29 is 19.8 Å². The highest BCUT2D eigenvalue weighted by molar-refractivity contribution is 6.02. The molecule has 7 nitrogen and oxygen atoms in total. The molecule has 1 aliphatic rings. The van der Waals surface area contributed by atoms with Crippen molar-refractivity contribution in [1.29, 1.82) is 0 Å². The van der Waals surface area contributed by atoms with Crippen LogP contribution in [0.2, 0.25) is 0 Å². The van der Waals surface area contributed by atoms with Gasteiger partial charge in [0.25, 0.3) is 5.91 Å². The largest absolute Gasteiger partial charge is 0.477 e. The smallest absolute Gasteiger partial charge is 0.354 e. The second kappa shape index (κ2) is 4.54. The first-order valence-corrected chi connectivity index (χ1v) is 5.33. The number of carboxylic acid groups (broad SMARTS) is 1. The lowest BCUT2D eigenvalue weighted by Gasteiger charge is -2.29. The van der Waals surface area contributed by atoms with E-state index >= 15 is 0 Å². The highest BCUT2D eigenvalue weighted by Crippen LogP contribution is 2.14. The van der Waals surface area contributed by atoms with Crippen molar-refractivity contribution in [3.63, 3.8) is 0 Å². The van der Waals surface area contributed by atoms with E-state index in [1.165, 1.54) is 11.2 Å². The number of likely N-dealkylation sites (tertiary alicyclic amines) is 1. The number of aromatic carboxylic acids is 1. The number of hydrogen-bond donors (Lipinski definition) is 3. The SMILES string of the molecule is O=C(O)c1[nH]cnc1C(=O)N1CCC(O)CC1. The van der Waals surface area contributed by atoms with Crippen LogP contribution in [-0.2, 0) is 0 Å². The van der Waals surface area contributed by atoms with Crippen molar-refractivity contribution in [2.75, 3.05) is 13.1 Å². The monoisotopic (exact) mass is 239 g/mol. The number of nitrogens with zero attached hydrogens (tertiary/aromatic N) is 2. The van der Waals surface area contributed by atoms with E-state index < -0.39 is 11.9 Å². The molecule has 2 heterocycles. The Morgan fingerprint density at radius 1 is 1.41 bits per heavy atom. The Labute approximate surface area is 97.1 Å². The Kier molecular flexibility index (Phi) is 3.10. The Morgan fingerprint density at radius 2 is 2.06 bits per heavy atom. The zero-order valence-electron chi connectivity index (χ0n) is 9.09. The van der Waals surface area contributed by atoms with Crippen LogP contribution >= 0.6 is 0 Å². The molecule has 0 aromatic carbocycles. The molecule has 92 valence electrons. The fourth-order valence-corrected chi connectivity index (χ4v) is 1.84. The zero-order chi connectivity index (χ0) is 12.4. The van der Waals surface area contributed by atoms with Gasteiger partial charge in [0.05, 0.1) is 12.4 Å². The molecule has 1 aromatic rings. The van der Waals surface area contributed by atoms with E-state index in [9.17, 15) is 14.7 Å². The van der Waals surface area contributed by atoms with Crippen LogP contribution in [0.4, 0.5) is 0 Å². The standard InChI is InChI=1S/C10H13N3O4/c14-6-1-3-13(4-2-6)9(15)7-8(10(16)17)12-5-11-7/h5-6,14H,1-4H2,(H,11,12)(H,16,17). The average molecular weight is 239 g/mol. The predicted octanol–water partition coefficient (Wildman–Crippen LogP) is -0.295. The Balaban J connectivity index is 2.14. The third-order valence-electron chi connectivity index (χ3n) is 2.81. The Hall–Kier alpha value is -1.89. The molecule has 1 amide bonds. The van der Waals surface area contributed by atoms with Crippen molar-refractivity contribution in [2.45, 2.75) is 18.9 Å². The van der Waals surface area contributed by atoms with Crippen LogP contribution in [0.1, 0.15) is 33.8 Å². The van der Waals surface area contributed by atoms with Crippen molar-refractivity contribution in [2.24, 2.45) is 0 Å². The van der Waals surface area contributed by atoms with E-state index in [2.05, 4.69) is 9.97 Å². The van der Waals surface area contributed by atoms with E-state index in [-0.39, 0.29) is 17.5 Å². The summed E-state index contributed by atoms with van der Waals surface area (Å²) in [4.78, 5) is 30.5. The summed E-state index contributed by atoms with van der Waals surface area (Å²) in [7, 11) is 0. The molecule has 7 heteroatoms. The highest BCUT2D eigenvalue weighted by atomic mass is 16.4. The average Bonchev–Trinajstić information content (AvgIpc) is 2.78. The molecular weight excluding hydrogens is 226 g/mol. The minimum absolute atomic E-state index is 0.0751. The lowest BCUT2D eigenvalue weighted by Crippen LogP contribution is -2.40. The molecule has 0 unspecified atom stereocenters. The number of carbonyl (C=O) groups excluding carboxylic acids is 1. The molecule has 0 aliphatic carbocycles. The maximum atomic E-state index is 12.0. The van der Waals surface area contributed by atoms with Gasteiger partial charge in [0.1, 0.15) is 0 Å². The normalized spacial score (nSPS) is 17.1. The Morgan fingerprint density at radius 3 is 2.65 bits per heavy atom. The van der Waals surface area contributed by atoms with E-state index in [0.717, 1.165) is 0 Å². The Bertz CT molecular complexity index is 435. The van der Waals surface area contributed by atoms with Gasteiger partial charge in [0, 0.05) is 13.1 Å². The fourth-order valence-electron chi connectivity index (χ4n) is 1.84. The minimum Gasteiger partial charge on any atom is -0.477 e. The first-order valence-electron chi connectivity index (χ1n) is 5.33. The molecule has 17 heavy (non-hydrogen) atoms. The van der Waals surface area contributed by atoms with Gasteiger partial charge in [-0.05, 0) is 12.8 Å². The first kappa shape index (κ1) is 11.6. The summed E-state index contributed by atoms with van der Waals surface area (Å²) < 4.78 is 0. The molecule has 1 saturated heterocycles. The van der Waals surface area contributed by atoms with Crippen LogP contribution in [0, 0.1) is 0 Å². The summed E-state index contributed by atoms with van der Waals surface area (Å²) in [5, 5.41) is 18.2. The quantitative estimate of drug-likeness (QED) is 0.657. The molecule has 0 radical (unpaired) electrons. The van der Waals surface area contributed by atoms with Gasteiger partial charge in [-0.2, -0.15) is 0 Å². The number of amides is 1. The number of carbonyl (C=O) groups is 2. The van der Waals surface area contributed by atoms with Gasteiger partial charge >= 0.3 is 5.97 Å². The number of imidazole rings is 1. The molecule has 1 aromatic heterocycles. The van der Waals surface area contributed by atoms with Gasteiger partial charge < -0.3 is 20.1 Å². The lowest BCUT2D eigenvalue weighted by molar-refractivity contribution is 0.0531. The first-order chi connectivity index (χ1) is 8.09. The van der Waals surface area contributed by atoms with Crippen molar-refractivity contribution in [3.05, 3.63) is 17.7 Å². The molecule has 3 N–H and O–H groups in total. The van der Waals surface area contributed by atoms with Gasteiger partial charge in [-0.25, -0.2) is 9.78 Å². The minimum atomic E-state index is -1.21. The van der Waals surface area contributed by atoms with Crippen molar-refractivity contribution in [3.8, 4) is 0 Å². The molecule has 2 rings (SSSR count). The number of aromatic amines is 1. The van der Waals surface area contributed by atoms with Gasteiger partial charge in [0.2, 0.25) is 0 Å². The number of aromatic nitrogens is 2. The number of piperidine rings is 1. The zero-order valence-corrected chi connectivity index (χ0v) is 9.09. The number of nitrogens with one attached hydrogen (secondary N) is 1. The van der Waals surface area contributed by atoms with Crippen LogP contribution in [0.5, 0.6) is 0 Å². The van der Waals surface area contributed by atoms with Crippen LogP contribution in [-0.4, -0.2) is 56.2 Å². The molecule has 0 atom stereocenters. The van der Waals surface area contributed by atoms with E-state index in [1.807, 2.05) is 0 Å². The maximum absolute atomic E-state index is 12.0. The summed E-state index contributed by atoms with van der Waals surface area (Å²) in [6.45, 7) is 0.845. The third-order valence-corrected chi connectivity index (χ3v) is 2.81. The van der Waals surface area contributed by atoms with Gasteiger partial charge in [-0.15, -0.1) is 0 Å². The third kappa shape index (κ3) is 2.28. The summed E-state index contributed by atoms with van der Waals surface area (Å²) in [6.07, 6.45) is 1.84. The van der Waals surface area contributed by atoms with Gasteiger partial charge in [-0.1, -0.05) is 0 Å². The van der Waals surface area contributed by atoms with E-state index in [0.29, 0.717) is 25.9 Å². The van der Waals surface area contributed by atoms with Crippen molar-refractivity contribution in [1.82, 2.24) is 14.9 Å². The van der Waals surface area contributed by atoms with Crippen LogP contribution in [0.25, 0.3) is 0 Å². The van der Waals surface area contributed by atoms with E-state index in [4.69, 9.17) is 5.11 Å². The van der Waals surface area contributed by atoms with Gasteiger partial charge in [0.15, 0.2) is 11.4 Å². The molecule has 0 saturated carbocycles. The summed E-state index contributed by atoms with van der Waals surface area (Å²) in [5.74, 6) is -1.61. The molecule has 1 aliphatic heterocycles. The van der Waals surface area contributed by atoms with Crippen molar-refractivity contribution >= 4 is 11.9 Å². The molecule has 0 bridgehead atoms. The number of carboxylic acids is 1. The van der Waals surface area contributed by atoms with Crippen LogP contribution in [0.15, 0.2) is 6.33 Å². The molecular formula is C10H13N3O4. The number of hydrogen-bond acceptors (Lipinski definition) is 4. The van der Waals surface area contributed by atoms with Crippen LogP contribution in [0.3, 0.4) is 0 Å².